The van der Waals surface area contributed by atoms with Crippen LogP contribution in [-0.4, -0.2) is 47.7 Å². The van der Waals surface area contributed by atoms with Gasteiger partial charge in [0.1, 0.15) is 40.9 Å². The van der Waals surface area contributed by atoms with Crippen LogP contribution in [0, 0.1) is 5.41 Å². The molecule has 0 saturated carbocycles. The van der Waals surface area contributed by atoms with Crippen molar-refractivity contribution in [3.05, 3.63) is 46.6 Å². The molecule has 0 radical (unpaired) electrons. The third kappa shape index (κ3) is 5.44. The monoisotopic (exact) mass is 458 g/mol. The lowest BCUT2D eigenvalue weighted by molar-refractivity contribution is -0.143. The van der Waals surface area contributed by atoms with Crippen LogP contribution in [0.2, 0.25) is 0 Å². The highest BCUT2D eigenvalue weighted by atomic mass is 16.6. The van der Waals surface area contributed by atoms with Gasteiger partial charge in [-0.2, -0.15) is 0 Å². The van der Waals surface area contributed by atoms with Gasteiger partial charge in [0.05, 0.1) is 19.1 Å². The maximum atomic E-state index is 12.7. The summed E-state index contributed by atoms with van der Waals surface area (Å²) >= 11 is 0. The molecule has 9 heteroatoms. The Morgan fingerprint density at radius 3 is 2.48 bits per heavy atom. The third-order valence-corrected chi connectivity index (χ3v) is 4.70. The fourth-order valence-corrected chi connectivity index (χ4v) is 2.88. The van der Waals surface area contributed by atoms with Gasteiger partial charge in [-0.05, 0) is 39.0 Å². The van der Waals surface area contributed by atoms with Crippen molar-refractivity contribution < 1.29 is 38.7 Å². The van der Waals surface area contributed by atoms with Gasteiger partial charge in [-0.25, -0.2) is 0 Å². The van der Waals surface area contributed by atoms with Crippen LogP contribution in [0.25, 0.3) is 22.3 Å². The van der Waals surface area contributed by atoms with E-state index in [-0.39, 0.29) is 40.6 Å². The number of hydrogen-bond acceptors (Lipinski definition) is 9. The molecule has 0 spiro atoms. The second-order valence-corrected chi connectivity index (χ2v) is 8.44. The first-order valence-electron chi connectivity index (χ1n) is 10.2. The quantitative estimate of drug-likeness (QED) is 0.361. The first-order chi connectivity index (χ1) is 15.5. The molecule has 0 amide bonds. The fraction of sp³-hybridized carbons (Fsp3) is 0.333. The number of esters is 1. The summed E-state index contributed by atoms with van der Waals surface area (Å²) in [6.07, 6.45) is -1.10. The molecule has 1 unspecified atom stereocenters. The Kier molecular flexibility index (Phi) is 6.95. The van der Waals surface area contributed by atoms with E-state index in [1.807, 2.05) is 0 Å². The highest BCUT2D eigenvalue weighted by Crippen LogP contribution is 2.36. The van der Waals surface area contributed by atoms with Crippen LogP contribution in [0.3, 0.4) is 0 Å². The van der Waals surface area contributed by atoms with Gasteiger partial charge in [-0.15, -0.1) is 0 Å². The van der Waals surface area contributed by atoms with E-state index in [0.29, 0.717) is 11.3 Å². The van der Waals surface area contributed by atoms with E-state index in [4.69, 9.17) is 23.7 Å². The smallest absolute Gasteiger partial charge is 0.316 e. The van der Waals surface area contributed by atoms with Gasteiger partial charge in [-0.1, -0.05) is 0 Å². The van der Waals surface area contributed by atoms with Crippen LogP contribution in [0.5, 0.6) is 23.0 Å². The first kappa shape index (κ1) is 24.1. The summed E-state index contributed by atoms with van der Waals surface area (Å²) in [7, 11) is 1.44. The molecule has 3 aromatic rings. The number of rotatable bonds is 7. The zero-order chi connectivity index (χ0) is 24.3. The number of aliphatic hydroxyl groups is 2. The average Bonchev–Trinajstić information content (AvgIpc) is 2.76. The van der Waals surface area contributed by atoms with Crippen molar-refractivity contribution in [1.82, 2.24) is 0 Å². The van der Waals surface area contributed by atoms with Crippen LogP contribution in [-0.2, 0) is 4.79 Å². The van der Waals surface area contributed by atoms with E-state index in [9.17, 15) is 19.8 Å². The van der Waals surface area contributed by atoms with Crippen LogP contribution >= 0.6 is 0 Å². The van der Waals surface area contributed by atoms with Crippen molar-refractivity contribution in [1.29, 1.82) is 0 Å². The summed E-state index contributed by atoms with van der Waals surface area (Å²) in [5.74, 6) is -0.0196. The standard InChI is InChI=1S/C24H26O9/c1-24(2,3)23(29)33-20-7-13(5-6-18(20)30-4)19-10-17(28)22-16(27)8-15(9-21(22)32-19)31-12-14(26)11-25/h5-10,14,25-27H,11-12H2,1-4H3. The van der Waals surface area contributed by atoms with Crippen molar-refractivity contribution in [3.63, 3.8) is 0 Å². The van der Waals surface area contributed by atoms with E-state index in [0.717, 1.165) is 0 Å². The molecule has 0 aliphatic rings. The number of hydrogen-bond donors (Lipinski definition) is 3. The molecule has 176 valence electrons. The molecule has 3 rings (SSSR count). The molecule has 0 fully saturated rings. The number of phenolic OH excluding ortho intramolecular Hbond substituents is 1. The lowest BCUT2D eigenvalue weighted by Gasteiger charge is -2.18. The second kappa shape index (κ2) is 9.51. The molecule has 0 aliphatic carbocycles. The highest BCUT2D eigenvalue weighted by molar-refractivity contribution is 5.86. The number of carbonyl (C=O) groups is 1. The minimum absolute atomic E-state index is 0.0401. The average molecular weight is 458 g/mol. The van der Waals surface area contributed by atoms with E-state index in [2.05, 4.69) is 0 Å². The first-order valence-corrected chi connectivity index (χ1v) is 10.2. The number of methoxy groups -OCH3 is 1. The van der Waals surface area contributed by atoms with Gasteiger partial charge in [0.15, 0.2) is 16.9 Å². The second-order valence-electron chi connectivity index (χ2n) is 8.44. The lowest BCUT2D eigenvalue weighted by Crippen LogP contribution is -2.25. The molecule has 3 N–H and O–H groups in total. The van der Waals surface area contributed by atoms with E-state index >= 15 is 0 Å². The molecular formula is C24H26O9. The number of fused-ring (bicyclic) bond motifs is 1. The van der Waals surface area contributed by atoms with Crippen LogP contribution in [0.4, 0.5) is 0 Å². The molecular weight excluding hydrogens is 432 g/mol. The van der Waals surface area contributed by atoms with Gasteiger partial charge < -0.3 is 33.9 Å². The maximum absolute atomic E-state index is 12.7. The maximum Gasteiger partial charge on any atom is 0.316 e. The summed E-state index contributed by atoms with van der Waals surface area (Å²) < 4.78 is 22.0. The van der Waals surface area contributed by atoms with Crippen LogP contribution in [0.1, 0.15) is 20.8 Å². The zero-order valence-corrected chi connectivity index (χ0v) is 18.7. The Labute approximate surface area is 189 Å². The van der Waals surface area contributed by atoms with Crippen LogP contribution < -0.4 is 19.6 Å². The Morgan fingerprint density at radius 2 is 1.85 bits per heavy atom. The Balaban J connectivity index is 2.05. The van der Waals surface area contributed by atoms with Crippen molar-refractivity contribution in [2.24, 2.45) is 5.41 Å². The zero-order valence-electron chi connectivity index (χ0n) is 18.7. The molecule has 9 nitrogen and oxygen atoms in total. The molecule has 33 heavy (non-hydrogen) atoms. The minimum atomic E-state index is -1.10. The van der Waals surface area contributed by atoms with Crippen molar-refractivity contribution in [3.8, 4) is 34.3 Å². The number of aliphatic hydroxyl groups excluding tert-OH is 2. The number of benzene rings is 2. The van der Waals surface area contributed by atoms with Crippen molar-refractivity contribution >= 4 is 16.9 Å². The van der Waals surface area contributed by atoms with Gasteiger partial charge in [-0.3, -0.25) is 9.59 Å². The topological polar surface area (TPSA) is 136 Å². The van der Waals surface area contributed by atoms with Gasteiger partial charge in [0, 0.05) is 23.8 Å². The number of aromatic hydroxyl groups is 1. The number of ether oxygens (including phenoxy) is 3. The van der Waals surface area contributed by atoms with Crippen LogP contribution in [0.15, 0.2) is 45.6 Å². The molecule has 0 bridgehead atoms. The fourth-order valence-electron chi connectivity index (χ4n) is 2.88. The van der Waals surface area contributed by atoms with E-state index in [1.165, 1.54) is 31.4 Å². The van der Waals surface area contributed by atoms with Gasteiger partial charge in [0.25, 0.3) is 0 Å². The van der Waals surface area contributed by atoms with E-state index < -0.39 is 29.5 Å². The minimum Gasteiger partial charge on any atom is -0.507 e. The summed E-state index contributed by atoms with van der Waals surface area (Å²) in [5, 5.41) is 28.6. The third-order valence-electron chi connectivity index (χ3n) is 4.70. The van der Waals surface area contributed by atoms with Gasteiger partial charge in [0.2, 0.25) is 0 Å². The molecule has 1 heterocycles. The molecule has 1 aromatic heterocycles. The summed E-state index contributed by atoms with van der Waals surface area (Å²) in [5.41, 5.74) is -0.744. The number of phenols is 1. The Morgan fingerprint density at radius 1 is 1.12 bits per heavy atom. The van der Waals surface area contributed by atoms with E-state index in [1.54, 1.807) is 32.9 Å². The molecule has 0 saturated heterocycles. The summed E-state index contributed by atoms with van der Waals surface area (Å²) in [4.78, 5) is 25.0. The van der Waals surface area contributed by atoms with Crippen molar-refractivity contribution in [2.45, 2.75) is 26.9 Å². The van der Waals surface area contributed by atoms with Gasteiger partial charge >= 0.3 is 5.97 Å². The Hall–Kier alpha value is -3.56. The predicted octanol–water partition coefficient (Wildman–Crippen LogP) is 2.86. The van der Waals surface area contributed by atoms with Crippen molar-refractivity contribution in [2.75, 3.05) is 20.3 Å². The number of carbonyl (C=O) groups excluding carboxylic acids is 1. The Bertz CT molecular complexity index is 1220. The normalized spacial score (nSPS) is 12.4. The SMILES string of the molecule is COc1ccc(-c2cc(=O)c3c(O)cc(OCC(O)CO)cc3o2)cc1OC(=O)C(C)(C)C. The summed E-state index contributed by atoms with van der Waals surface area (Å²) in [6.45, 7) is 4.46. The molecule has 2 aromatic carbocycles. The highest BCUT2D eigenvalue weighted by Gasteiger charge is 2.25. The lowest BCUT2D eigenvalue weighted by atomic mass is 9.97. The molecule has 1 atom stereocenters. The molecule has 0 aliphatic heterocycles. The summed E-state index contributed by atoms with van der Waals surface area (Å²) in [6, 6.07) is 8.57. The predicted molar refractivity (Wildman–Crippen MR) is 120 cm³/mol. The largest absolute Gasteiger partial charge is 0.507 e.